The third kappa shape index (κ3) is 6.78. The zero-order valence-corrected chi connectivity index (χ0v) is 16.5. The first-order valence-corrected chi connectivity index (χ1v) is 8.87. The van der Waals surface area contributed by atoms with Crippen molar-refractivity contribution in [3.63, 3.8) is 0 Å². The third-order valence-electron chi connectivity index (χ3n) is 3.91. The van der Waals surface area contributed by atoms with E-state index in [1.807, 2.05) is 0 Å². The summed E-state index contributed by atoms with van der Waals surface area (Å²) in [6.45, 7) is 6.78. The molecule has 0 bridgehead atoms. The molecule has 2 amide bonds. The van der Waals surface area contributed by atoms with E-state index in [0.717, 1.165) is 0 Å². The number of nitrogens with zero attached hydrogens (tertiary/aromatic N) is 1. The fourth-order valence-corrected chi connectivity index (χ4v) is 2.48. The fraction of sp³-hybridized carbons (Fsp3) is 0.350. The second kappa shape index (κ2) is 8.93. The Balaban J connectivity index is 2.06. The summed E-state index contributed by atoms with van der Waals surface area (Å²) in [6.07, 6.45) is -4.76. The molecule has 0 atom stereocenters. The number of benzene rings is 1. The van der Waals surface area contributed by atoms with Crippen LogP contribution in [0, 0.1) is 19.8 Å². The van der Waals surface area contributed by atoms with E-state index in [0.29, 0.717) is 22.4 Å². The Morgan fingerprint density at radius 1 is 1.14 bits per heavy atom. The van der Waals surface area contributed by atoms with Gasteiger partial charge in [-0.15, -0.1) is 13.2 Å². The van der Waals surface area contributed by atoms with Crippen LogP contribution < -0.4 is 15.4 Å². The number of hydrogen-bond acceptors (Lipinski definition) is 4. The van der Waals surface area contributed by atoms with E-state index < -0.39 is 12.3 Å². The van der Waals surface area contributed by atoms with Crippen molar-refractivity contribution in [3.8, 4) is 5.75 Å². The highest BCUT2D eigenvalue weighted by atomic mass is 19.4. The van der Waals surface area contributed by atoms with E-state index >= 15 is 0 Å². The lowest BCUT2D eigenvalue weighted by atomic mass is 10.1. The zero-order chi connectivity index (χ0) is 21.8. The molecule has 0 unspecified atom stereocenters. The Morgan fingerprint density at radius 3 is 2.41 bits per heavy atom. The SMILES string of the molecule is Cc1cc(C(=O)NCc2ccc(OC(F)(F)F)c(C)c2)cc(NC(=O)C(C)C)n1. The normalized spacial score (nSPS) is 11.3. The van der Waals surface area contributed by atoms with Gasteiger partial charge in [-0.1, -0.05) is 26.0 Å². The van der Waals surface area contributed by atoms with Gasteiger partial charge in [0, 0.05) is 23.7 Å². The predicted octanol–water partition coefficient (Wildman–Crippen LogP) is 4.12. The van der Waals surface area contributed by atoms with Crippen molar-refractivity contribution in [2.75, 3.05) is 5.32 Å². The van der Waals surface area contributed by atoms with Crippen LogP contribution in [0.4, 0.5) is 19.0 Å². The first-order valence-electron chi connectivity index (χ1n) is 8.87. The van der Waals surface area contributed by atoms with Gasteiger partial charge in [0.05, 0.1) is 0 Å². The van der Waals surface area contributed by atoms with Gasteiger partial charge in [0.25, 0.3) is 5.91 Å². The van der Waals surface area contributed by atoms with E-state index in [9.17, 15) is 22.8 Å². The maximum absolute atomic E-state index is 12.5. The van der Waals surface area contributed by atoms with Gasteiger partial charge in [-0.05, 0) is 43.2 Å². The summed E-state index contributed by atoms with van der Waals surface area (Å²) in [5.41, 5.74) is 1.78. The van der Waals surface area contributed by atoms with Crippen LogP contribution in [0.2, 0.25) is 0 Å². The number of pyridine rings is 1. The van der Waals surface area contributed by atoms with Crippen LogP contribution in [-0.2, 0) is 11.3 Å². The van der Waals surface area contributed by atoms with E-state index in [1.54, 1.807) is 26.8 Å². The van der Waals surface area contributed by atoms with Crippen LogP contribution in [-0.4, -0.2) is 23.2 Å². The topological polar surface area (TPSA) is 80.3 Å². The van der Waals surface area contributed by atoms with Gasteiger partial charge < -0.3 is 15.4 Å². The molecule has 156 valence electrons. The lowest BCUT2D eigenvalue weighted by Gasteiger charge is -2.13. The number of anilines is 1. The molecule has 0 aliphatic rings. The van der Waals surface area contributed by atoms with E-state index in [1.165, 1.54) is 31.2 Å². The Kier molecular flexibility index (Phi) is 6.84. The van der Waals surface area contributed by atoms with Crippen molar-refractivity contribution >= 4 is 17.6 Å². The van der Waals surface area contributed by atoms with Crippen LogP contribution in [0.3, 0.4) is 0 Å². The second-order valence-electron chi connectivity index (χ2n) is 6.86. The molecule has 9 heteroatoms. The van der Waals surface area contributed by atoms with Crippen LogP contribution in [0.5, 0.6) is 5.75 Å². The predicted molar refractivity (Wildman–Crippen MR) is 101 cm³/mol. The van der Waals surface area contributed by atoms with Crippen LogP contribution >= 0.6 is 0 Å². The van der Waals surface area contributed by atoms with E-state index in [-0.39, 0.29) is 29.9 Å². The lowest BCUT2D eigenvalue weighted by Crippen LogP contribution is -2.24. The molecule has 2 aromatic rings. The maximum atomic E-state index is 12.5. The molecule has 0 radical (unpaired) electrons. The number of carbonyl (C=O) groups is 2. The summed E-state index contributed by atoms with van der Waals surface area (Å²) < 4.78 is 41.0. The Bertz CT molecular complexity index is 912. The Labute approximate surface area is 166 Å². The molecular weight excluding hydrogens is 387 g/mol. The van der Waals surface area contributed by atoms with Gasteiger partial charge >= 0.3 is 6.36 Å². The molecule has 0 aliphatic heterocycles. The first kappa shape index (κ1) is 22.2. The number of aryl methyl sites for hydroxylation is 2. The minimum absolute atomic E-state index is 0.112. The average Bonchev–Trinajstić information content (AvgIpc) is 2.60. The number of aromatic nitrogens is 1. The summed E-state index contributed by atoms with van der Waals surface area (Å²) >= 11 is 0. The number of nitrogens with one attached hydrogen (secondary N) is 2. The van der Waals surface area contributed by atoms with Gasteiger partial charge in [0.1, 0.15) is 11.6 Å². The highest BCUT2D eigenvalue weighted by Gasteiger charge is 2.31. The summed E-state index contributed by atoms with van der Waals surface area (Å²) in [7, 11) is 0. The second-order valence-corrected chi connectivity index (χ2v) is 6.86. The van der Waals surface area contributed by atoms with Crippen molar-refractivity contribution in [3.05, 3.63) is 52.7 Å². The molecule has 0 fully saturated rings. The minimum Gasteiger partial charge on any atom is -0.406 e. The molecule has 2 N–H and O–H groups in total. The van der Waals surface area contributed by atoms with Crippen LogP contribution in [0.25, 0.3) is 0 Å². The molecule has 29 heavy (non-hydrogen) atoms. The molecule has 2 rings (SSSR count). The number of halogens is 3. The number of hydrogen-bond donors (Lipinski definition) is 2. The number of rotatable bonds is 6. The summed E-state index contributed by atoms with van der Waals surface area (Å²) in [6, 6.07) is 7.20. The number of amides is 2. The molecular formula is C20H22F3N3O3. The summed E-state index contributed by atoms with van der Waals surface area (Å²) in [5, 5.41) is 5.35. The summed E-state index contributed by atoms with van der Waals surface area (Å²) in [5.74, 6) is -0.863. The zero-order valence-electron chi connectivity index (χ0n) is 16.5. The van der Waals surface area contributed by atoms with E-state index in [4.69, 9.17) is 0 Å². The minimum atomic E-state index is -4.76. The lowest BCUT2D eigenvalue weighted by molar-refractivity contribution is -0.274. The standard InChI is InChI=1S/C20H22F3N3O3/c1-11(2)18(27)26-17-9-15(8-13(4)25-17)19(28)24-10-14-5-6-16(12(3)7-14)29-20(21,22)23/h5-9,11H,10H2,1-4H3,(H,24,28)(H,25,26,27). The molecule has 1 aromatic carbocycles. The van der Waals surface area contributed by atoms with Crippen molar-refractivity contribution in [1.29, 1.82) is 0 Å². The summed E-state index contributed by atoms with van der Waals surface area (Å²) in [4.78, 5) is 28.5. The molecule has 0 aliphatic carbocycles. The van der Waals surface area contributed by atoms with Crippen molar-refractivity contribution < 1.29 is 27.5 Å². The Morgan fingerprint density at radius 2 is 1.83 bits per heavy atom. The van der Waals surface area contributed by atoms with Crippen molar-refractivity contribution in [1.82, 2.24) is 10.3 Å². The third-order valence-corrected chi connectivity index (χ3v) is 3.91. The fourth-order valence-electron chi connectivity index (χ4n) is 2.48. The smallest absolute Gasteiger partial charge is 0.406 e. The average molecular weight is 409 g/mol. The molecule has 1 heterocycles. The van der Waals surface area contributed by atoms with Crippen molar-refractivity contribution in [2.24, 2.45) is 5.92 Å². The van der Waals surface area contributed by atoms with Gasteiger partial charge in [-0.25, -0.2) is 4.98 Å². The quantitative estimate of drug-likeness (QED) is 0.752. The molecule has 1 aromatic heterocycles. The van der Waals surface area contributed by atoms with E-state index in [2.05, 4.69) is 20.4 Å². The number of carbonyl (C=O) groups excluding carboxylic acids is 2. The largest absolute Gasteiger partial charge is 0.573 e. The maximum Gasteiger partial charge on any atom is 0.573 e. The van der Waals surface area contributed by atoms with Gasteiger partial charge in [0.15, 0.2) is 0 Å². The first-order chi connectivity index (χ1) is 13.4. The van der Waals surface area contributed by atoms with Crippen LogP contribution in [0.15, 0.2) is 30.3 Å². The monoisotopic (exact) mass is 409 g/mol. The molecule has 0 saturated heterocycles. The highest BCUT2D eigenvalue weighted by Crippen LogP contribution is 2.26. The van der Waals surface area contributed by atoms with Gasteiger partial charge in [-0.3, -0.25) is 9.59 Å². The van der Waals surface area contributed by atoms with Gasteiger partial charge in [0.2, 0.25) is 5.91 Å². The Hall–Kier alpha value is -3.10. The number of ether oxygens (including phenoxy) is 1. The highest BCUT2D eigenvalue weighted by molar-refractivity contribution is 5.97. The van der Waals surface area contributed by atoms with Crippen LogP contribution in [0.1, 0.15) is 41.0 Å². The molecule has 6 nitrogen and oxygen atoms in total. The number of alkyl halides is 3. The van der Waals surface area contributed by atoms with Gasteiger partial charge in [-0.2, -0.15) is 0 Å². The molecule has 0 saturated carbocycles. The molecule has 0 spiro atoms. The van der Waals surface area contributed by atoms with Crippen molar-refractivity contribution in [2.45, 2.75) is 40.6 Å².